The Morgan fingerprint density at radius 1 is 1.20 bits per heavy atom. The summed E-state index contributed by atoms with van der Waals surface area (Å²) in [6.07, 6.45) is -0.756. The Morgan fingerprint density at radius 2 is 1.92 bits per heavy atom. The Morgan fingerprint density at radius 3 is 2.68 bits per heavy atom. The summed E-state index contributed by atoms with van der Waals surface area (Å²) in [5.74, 6) is 0.842. The molecule has 1 heterocycles. The molecule has 25 heavy (non-hydrogen) atoms. The zero-order valence-electron chi connectivity index (χ0n) is 14.2. The predicted octanol–water partition coefficient (Wildman–Crippen LogP) is 2.13. The minimum absolute atomic E-state index is 0.127. The van der Waals surface area contributed by atoms with Gasteiger partial charge >= 0.3 is 0 Å². The van der Waals surface area contributed by atoms with Crippen LogP contribution in [0.3, 0.4) is 0 Å². The van der Waals surface area contributed by atoms with Crippen molar-refractivity contribution in [3.05, 3.63) is 54.1 Å². The first-order chi connectivity index (χ1) is 12.1. The van der Waals surface area contributed by atoms with E-state index in [1.807, 2.05) is 36.4 Å². The van der Waals surface area contributed by atoms with Gasteiger partial charge in [0, 0.05) is 19.0 Å². The van der Waals surface area contributed by atoms with E-state index in [-0.39, 0.29) is 18.4 Å². The van der Waals surface area contributed by atoms with Gasteiger partial charge in [0.05, 0.1) is 19.3 Å². The third-order valence-electron chi connectivity index (χ3n) is 4.09. The van der Waals surface area contributed by atoms with Crippen molar-refractivity contribution in [2.45, 2.75) is 19.6 Å². The maximum absolute atomic E-state index is 12.5. The summed E-state index contributed by atoms with van der Waals surface area (Å²) in [5, 5.41) is 2.85. The van der Waals surface area contributed by atoms with E-state index >= 15 is 0 Å². The second-order valence-corrected chi connectivity index (χ2v) is 5.73. The van der Waals surface area contributed by atoms with E-state index in [0.717, 1.165) is 5.56 Å². The fourth-order valence-corrected chi connectivity index (χ4v) is 2.81. The maximum atomic E-state index is 12.5. The van der Waals surface area contributed by atoms with Crippen LogP contribution >= 0.6 is 0 Å². The number of nitrogens with one attached hydrogen (secondary N) is 1. The smallest absolute Gasteiger partial charge is 0.263 e. The first-order valence-electron chi connectivity index (χ1n) is 8.03. The number of para-hydroxylation sites is 3. The summed E-state index contributed by atoms with van der Waals surface area (Å²) in [6, 6.07) is 14.7. The topological polar surface area (TPSA) is 67.9 Å². The van der Waals surface area contributed by atoms with Crippen LogP contribution in [0.1, 0.15) is 12.5 Å². The number of carbonyl (C=O) groups is 2. The number of carbonyl (C=O) groups excluding carboxylic acids is 2. The van der Waals surface area contributed by atoms with Crippen molar-refractivity contribution >= 4 is 17.5 Å². The molecule has 1 atom stereocenters. The third-order valence-corrected chi connectivity index (χ3v) is 4.09. The van der Waals surface area contributed by atoms with E-state index < -0.39 is 6.10 Å². The van der Waals surface area contributed by atoms with Gasteiger partial charge < -0.3 is 19.7 Å². The number of hydrogen-bond acceptors (Lipinski definition) is 4. The van der Waals surface area contributed by atoms with Gasteiger partial charge in [-0.2, -0.15) is 0 Å². The zero-order valence-corrected chi connectivity index (χ0v) is 14.2. The SMILES string of the molecule is COc1ccccc1CNC(=O)[C@@H]1CN(C(C)=O)c2ccccc2O1. The molecule has 0 bridgehead atoms. The van der Waals surface area contributed by atoms with Crippen LogP contribution in [0.2, 0.25) is 0 Å². The van der Waals surface area contributed by atoms with Crippen LogP contribution in [-0.2, 0) is 16.1 Å². The molecule has 1 N–H and O–H groups in total. The molecule has 2 aromatic rings. The number of methoxy groups -OCH3 is 1. The van der Waals surface area contributed by atoms with E-state index in [2.05, 4.69) is 5.32 Å². The number of ether oxygens (including phenoxy) is 2. The van der Waals surface area contributed by atoms with E-state index in [1.54, 1.807) is 24.1 Å². The maximum Gasteiger partial charge on any atom is 0.263 e. The van der Waals surface area contributed by atoms with E-state index in [0.29, 0.717) is 23.7 Å². The first kappa shape index (κ1) is 16.8. The number of fused-ring (bicyclic) bond motifs is 1. The highest BCUT2D eigenvalue weighted by Crippen LogP contribution is 2.33. The molecular weight excluding hydrogens is 320 g/mol. The summed E-state index contributed by atoms with van der Waals surface area (Å²) in [4.78, 5) is 26.0. The fraction of sp³-hybridized carbons (Fsp3) is 0.263. The van der Waals surface area contributed by atoms with Gasteiger partial charge in [0.2, 0.25) is 5.91 Å². The van der Waals surface area contributed by atoms with Crippen molar-refractivity contribution < 1.29 is 19.1 Å². The third kappa shape index (κ3) is 3.57. The second kappa shape index (κ2) is 7.25. The van der Waals surface area contributed by atoms with Crippen molar-refractivity contribution in [2.75, 3.05) is 18.6 Å². The molecule has 0 aliphatic carbocycles. The summed E-state index contributed by atoms with van der Waals surface area (Å²) in [5.41, 5.74) is 1.56. The number of nitrogens with zero attached hydrogens (tertiary/aromatic N) is 1. The van der Waals surface area contributed by atoms with Crippen molar-refractivity contribution in [1.29, 1.82) is 0 Å². The molecule has 0 fully saturated rings. The van der Waals surface area contributed by atoms with Crippen LogP contribution in [0.25, 0.3) is 0 Å². The average molecular weight is 340 g/mol. The lowest BCUT2D eigenvalue weighted by atomic mass is 10.1. The lowest BCUT2D eigenvalue weighted by Gasteiger charge is -2.33. The van der Waals surface area contributed by atoms with Crippen LogP contribution in [0.4, 0.5) is 5.69 Å². The highest BCUT2D eigenvalue weighted by Gasteiger charge is 2.32. The lowest BCUT2D eigenvalue weighted by Crippen LogP contribution is -2.50. The molecule has 0 spiro atoms. The molecule has 0 radical (unpaired) electrons. The Bertz CT molecular complexity index is 790. The van der Waals surface area contributed by atoms with Crippen LogP contribution in [0.5, 0.6) is 11.5 Å². The molecule has 6 heteroatoms. The molecule has 2 amide bonds. The standard InChI is InChI=1S/C19H20N2O4/c1-13(22)21-12-18(25-17-10-6-4-8-15(17)21)19(23)20-11-14-7-3-5-9-16(14)24-2/h3-10,18H,11-12H2,1-2H3,(H,20,23)/t18-/m0/s1. The molecule has 1 aliphatic rings. The van der Waals surface area contributed by atoms with Crippen LogP contribution in [0.15, 0.2) is 48.5 Å². The van der Waals surface area contributed by atoms with E-state index in [9.17, 15) is 9.59 Å². The van der Waals surface area contributed by atoms with Gasteiger partial charge in [0.1, 0.15) is 11.5 Å². The number of amides is 2. The molecular formula is C19H20N2O4. The first-order valence-corrected chi connectivity index (χ1v) is 8.03. The zero-order chi connectivity index (χ0) is 17.8. The molecule has 2 aromatic carbocycles. The number of anilines is 1. The Labute approximate surface area is 146 Å². The van der Waals surface area contributed by atoms with E-state index in [4.69, 9.17) is 9.47 Å². The lowest BCUT2D eigenvalue weighted by molar-refractivity contribution is -0.128. The monoisotopic (exact) mass is 340 g/mol. The largest absolute Gasteiger partial charge is 0.496 e. The van der Waals surface area contributed by atoms with Gasteiger partial charge in [0.15, 0.2) is 6.10 Å². The second-order valence-electron chi connectivity index (χ2n) is 5.73. The minimum atomic E-state index is -0.756. The minimum Gasteiger partial charge on any atom is -0.496 e. The van der Waals surface area contributed by atoms with Gasteiger partial charge in [-0.1, -0.05) is 30.3 Å². The van der Waals surface area contributed by atoms with Gasteiger partial charge in [-0.25, -0.2) is 0 Å². The van der Waals surface area contributed by atoms with Gasteiger partial charge in [-0.05, 0) is 18.2 Å². The number of benzene rings is 2. The Hall–Kier alpha value is -3.02. The molecule has 0 saturated carbocycles. The van der Waals surface area contributed by atoms with Crippen LogP contribution < -0.4 is 19.7 Å². The predicted molar refractivity (Wildman–Crippen MR) is 93.7 cm³/mol. The summed E-state index contributed by atoms with van der Waals surface area (Å²) in [7, 11) is 1.59. The summed E-state index contributed by atoms with van der Waals surface area (Å²) >= 11 is 0. The Kier molecular flexibility index (Phi) is 4.88. The summed E-state index contributed by atoms with van der Waals surface area (Å²) < 4.78 is 11.1. The highest BCUT2D eigenvalue weighted by molar-refractivity contribution is 5.95. The van der Waals surface area contributed by atoms with Crippen LogP contribution in [0, 0.1) is 0 Å². The molecule has 0 saturated heterocycles. The molecule has 0 unspecified atom stereocenters. The Balaban J connectivity index is 1.72. The molecule has 6 nitrogen and oxygen atoms in total. The number of rotatable bonds is 4. The van der Waals surface area contributed by atoms with Crippen LogP contribution in [-0.4, -0.2) is 31.6 Å². The quantitative estimate of drug-likeness (QED) is 0.926. The fourth-order valence-electron chi connectivity index (χ4n) is 2.81. The normalized spacial score (nSPS) is 15.8. The average Bonchev–Trinajstić information content (AvgIpc) is 2.65. The number of hydrogen-bond donors (Lipinski definition) is 1. The molecule has 0 aromatic heterocycles. The summed E-state index contributed by atoms with van der Waals surface area (Å²) in [6.45, 7) is 1.99. The molecule has 130 valence electrons. The molecule has 3 rings (SSSR count). The van der Waals surface area contributed by atoms with Crippen molar-refractivity contribution in [3.8, 4) is 11.5 Å². The van der Waals surface area contributed by atoms with Crippen molar-refractivity contribution in [3.63, 3.8) is 0 Å². The highest BCUT2D eigenvalue weighted by atomic mass is 16.5. The van der Waals surface area contributed by atoms with Gasteiger partial charge in [-0.15, -0.1) is 0 Å². The van der Waals surface area contributed by atoms with Crippen molar-refractivity contribution in [1.82, 2.24) is 5.32 Å². The van der Waals surface area contributed by atoms with Gasteiger partial charge in [0.25, 0.3) is 5.91 Å². The molecule has 1 aliphatic heterocycles. The van der Waals surface area contributed by atoms with Crippen molar-refractivity contribution in [2.24, 2.45) is 0 Å². The van der Waals surface area contributed by atoms with Gasteiger partial charge in [-0.3, -0.25) is 9.59 Å². The van der Waals surface area contributed by atoms with E-state index in [1.165, 1.54) is 6.92 Å².